The van der Waals surface area contributed by atoms with Crippen molar-refractivity contribution in [1.29, 1.82) is 0 Å². The number of hydrogen-bond donors (Lipinski definition) is 0. The van der Waals surface area contributed by atoms with Crippen LogP contribution in [0.1, 0.15) is 30.4 Å². The molecule has 0 atom stereocenters. The highest BCUT2D eigenvalue weighted by Gasteiger charge is 2.25. The van der Waals surface area contributed by atoms with E-state index in [4.69, 9.17) is 0 Å². The number of carbonyl (C=O) groups excluding carboxylic acids is 1. The van der Waals surface area contributed by atoms with Crippen LogP contribution in [0.25, 0.3) is 10.2 Å². The van der Waals surface area contributed by atoms with Crippen LogP contribution in [0.3, 0.4) is 0 Å². The molecule has 3 heterocycles. The lowest BCUT2D eigenvalue weighted by atomic mass is 10.3. The lowest BCUT2D eigenvalue weighted by molar-refractivity contribution is 0.0739. The fraction of sp³-hybridized carbons (Fsp3) is 0.389. The van der Waals surface area contributed by atoms with E-state index in [1.165, 1.54) is 17.4 Å². The number of carbonyl (C=O) groups is 1. The zero-order valence-corrected chi connectivity index (χ0v) is 15.8. The predicted octanol–water partition coefficient (Wildman–Crippen LogP) is 3.31. The maximum atomic E-state index is 13.9. The molecule has 0 spiro atoms. The van der Waals surface area contributed by atoms with Crippen LogP contribution in [0.4, 0.5) is 13.9 Å². The number of piperazine rings is 1. The van der Waals surface area contributed by atoms with Crippen LogP contribution in [0.5, 0.6) is 0 Å². The lowest BCUT2D eigenvalue weighted by Crippen LogP contribution is -2.48. The van der Waals surface area contributed by atoms with Gasteiger partial charge in [-0.1, -0.05) is 11.3 Å². The number of aromatic nitrogens is 3. The summed E-state index contributed by atoms with van der Waals surface area (Å²) < 4.78 is 29.5. The third-order valence-corrected chi connectivity index (χ3v) is 5.66. The van der Waals surface area contributed by atoms with Crippen molar-refractivity contribution in [3.05, 3.63) is 41.7 Å². The highest BCUT2D eigenvalue weighted by atomic mass is 32.1. The fourth-order valence-electron chi connectivity index (χ4n) is 3.08. The zero-order chi connectivity index (χ0) is 19.1. The number of anilines is 1. The van der Waals surface area contributed by atoms with Gasteiger partial charge in [-0.25, -0.2) is 13.8 Å². The Morgan fingerprint density at radius 1 is 1.19 bits per heavy atom. The molecule has 0 radical (unpaired) electrons. The molecule has 2 aromatic heterocycles. The Balaban J connectivity index is 1.45. The quantitative estimate of drug-likeness (QED) is 0.687. The van der Waals surface area contributed by atoms with Crippen LogP contribution in [-0.4, -0.2) is 51.8 Å². The van der Waals surface area contributed by atoms with E-state index in [2.05, 4.69) is 10.1 Å². The maximum Gasteiger partial charge on any atom is 0.274 e. The van der Waals surface area contributed by atoms with Crippen molar-refractivity contribution in [2.45, 2.75) is 19.9 Å². The smallest absolute Gasteiger partial charge is 0.274 e. The van der Waals surface area contributed by atoms with Gasteiger partial charge in [0.05, 0.1) is 4.70 Å². The van der Waals surface area contributed by atoms with Gasteiger partial charge in [0.15, 0.2) is 10.9 Å². The molecule has 3 aromatic rings. The standard InChI is InChI=1S/C18H19F2N5OS/c1-11(2)25-4-3-14(22-25)17(26)23-5-7-24(8-6-23)18-21-16-13(20)9-12(19)10-15(16)27-18/h3-4,9-11H,5-8H2,1-2H3. The van der Waals surface area contributed by atoms with Crippen LogP contribution in [-0.2, 0) is 0 Å². The Morgan fingerprint density at radius 2 is 1.93 bits per heavy atom. The van der Waals surface area contributed by atoms with Gasteiger partial charge in [-0.15, -0.1) is 0 Å². The summed E-state index contributed by atoms with van der Waals surface area (Å²) in [6.07, 6.45) is 1.81. The van der Waals surface area contributed by atoms with E-state index in [0.29, 0.717) is 41.7 Å². The van der Waals surface area contributed by atoms with E-state index in [1.807, 2.05) is 24.9 Å². The largest absolute Gasteiger partial charge is 0.345 e. The molecule has 1 aromatic carbocycles. The van der Waals surface area contributed by atoms with Crippen molar-refractivity contribution in [3.63, 3.8) is 0 Å². The van der Waals surface area contributed by atoms with Crippen LogP contribution in [0, 0.1) is 11.6 Å². The SMILES string of the molecule is CC(C)n1ccc(C(=O)N2CCN(c3nc4c(F)cc(F)cc4s3)CC2)n1. The second kappa shape index (κ2) is 6.88. The van der Waals surface area contributed by atoms with Crippen molar-refractivity contribution in [2.24, 2.45) is 0 Å². The first-order valence-electron chi connectivity index (χ1n) is 8.77. The van der Waals surface area contributed by atoms with Crippen LogP contribution >= 0.6 is 11.3 Å². The second-order valence-corrected chi connectivity index (χ2v) is 7.79. The summed E-state index contributed by atoms with van der Waals surface area (Å²) in [4.78, 5) is 20.7. The molecule has 0 N–H and O–H groups in total. The summed E-state index contributed by atoms with van der Waals surface area (Å²) in [6.45, 7) is 6.24. The van der Waals surface area contributed by atoms with Gasteiger partial charge in [0.1, 0.15) is 17.0 Å². The number of fused-ring (bicyclic) bond motifs is 1. The van der Waals surface area contributed by atoms with E-state index in [0.717, 1.165) is 6.07 Å². The molecule has 142 valence electrons. The molecular formula is C18H19F2N5OS. The Hall–Kier alpha value is -2.55. The molecule has 1 aliphatic heterocycles. The first-order valence-corrected chi connectivity index (χ1v) is 9.59. The van der Waals surface area contributed by atoms with Crippen molar-refractivity contribution in [1.82, 2.24) is 19.7 Å². The van der Waals surface area contributed by atoms with Gasteiger partial charge >= 0.3 is 0 Å². The van der Waals surface area contributed by atoms with Gasteiger partial charge in [-0.05, 0) is 26.0 Å². The monoisotopic (exact) mass is 391 g/mol. The van der Waals surface area contributed by atoms with Crippen molar-refractivity contribution in [3.8, 4) is 0 Å². The molecule has 6 nitrogen and oxygen atoms in total. The minimum Gasteiger partial charge on any atom is -0.345 e. The molecule has 1 saturated heterocycles. The molecule has 0 bridgehead atoms. The van der Waals surface area contributed by atoms with E-state index in [-0.39, 0.29) is 17.5 Å². The lowest BCUT2D eigenvalue weighted by Gasteiger charge is -2.34. The molecule has 1 amide bonds. The molecule has 4 rings (SSSR count). The number of thiazole rings is 1. The number of amides is 1. The summed E-state index contributed by atoms with van der Waals surface area (Å²) in [5.41, 5.74) is 0.629. The highest BCUT2D eigenvalue weighted by molar-refractivity contribution is 7.22. The van der Waals surface area contributed by atoms with Crippen LogP contribution < -0.4 is 4.90 Å². The summed E-state index contributed by atoms with van der Waals surface area (Å²) >= 11 is 1.26. The minimum absolute atomic E-state index is 0.0912. The van der Waals surface area contributed by atoms with Gasteiger partial charge in [-0.3, -0.25) is 9.48 Å². The van der Waals surface area contributed by atoms with Gasteiger partial charge in [0, 0.05) is 44.5 Å². The molecule has 1 fully saturated rings. The van der Waals surface area contributed by atoms with Gasteiger partial charge in [0.25, 0.3) is 5.91 Å². The zero-order valence-electron chi connectivity index (χ0n) is 15.0. The van der Waals surface area contributed by atoms with Crippen molar-refractivity contribution in [2.75, 3.05) is 31.1 Å². The molecule has 0 aliphatic carbocycles. The van der Waals surface area contributed by atoms with Crippen molar-refractivity contribution >= 4 is 32.6 Å². The van der Waals surface area contributed by atoms with Crippen LogP contribution in [0.15, 0.2) is 24.4 Å². The number of halogens is 2. The Kier molecular flexibility index (Phi) is 4.55. The number of benzene rings is 1. The molecule has 9 heteroatoms. The van der Waals surface area contributed by atoms with E-state index in [9.17, 15) is 13.6 Å². The topological polar surface area (TPSA) is 54.3 Å². The first kappa shape index (κ1) is 17.8. The Labute approximate surface area is 159 Å². The number of rotatable bonds is 3. The second-order valence-electron chi connectivity index (χ2n) is 6.78. The predicted molar refractivity (Wildman–Crippen MR) is 100 cm³/mol. The van der Waals surface area contributed by atoms with Crippen LogP contribution in [0.2, 0.25) is 0 Å². The molecule has 27 heavy (non-hydrogen) atoms. The summed E-state index contributed by atoms with van der Waals surface area (Å²) in [5.74, 6) is -1.35. The fourth-order valence-corrected chi connectivity index (χ4v) is 4.14. The van der Waals surface area contributed by atoms with E-state index in [1.54, 1.807) is 15.6 Å². The summed E-state index contributed by atoms with van der Waals surface area (Å²) in [6, 6.07) is 4.08. The third kappa shape index (κ3) is 3.39. The summed E-state index contributed by atoms with van der Waals surface area (Å²) in [7, 11) is 0. The van der Waals surface area contributed by atoms with E-state index < -0.39 is 11.6 Å². The normalized spacial score (nSPS) is 15.1. The average Bonchev–Trinajstić information content (AvgIpc) is 3.28. The first-order chi connectivity index (χ1) is 12.9. The highest BCUT2D eigenvalue weighted by Crippen LogP contribution is 2.31. The number of nitrogens with zero attached hydrogens (tertiary/aromatic N) is 5. The van der Waals surface area contributed by atoms with Gasteiger partial charge in [0.2, 0.25) is 0 Å². The minimum atomic E-state index is -0.651. The third-order valence-electron chi connectivity index (χ3n) is 4.60. The van der Waals surface area contributed by atoms with Gasteiger partial charge < -0.3 is 9.80 Å². The van der Waals surface area contributed by atoms with Gasteiger partial charge in [-0.2, -0.15) is 5.10 Å². The van der Waals surface area contributed by atoms with E-state index >= 15 is 0 Å². The molecule has 0 unspecified atom stereocenters. The average molecular weight is 391 g/mol. The molecule has 0 saturated carbocycles. The molecule has 1 aliphatic rings. The Bertz CT molecular complexity index is 991. The van der Waals surface area contributed by atoms with Crippen molar-refractivity contribution < 1.29 is 13.6 Å². The number of hydrogen-bond acceptors (Lipinski definition) is 5. The molecular weight excluding hydrogens is 372 g/mol. The Morgan fingerprint density at radius 3 is 2.59 bits per heavy atom. The summed E-state index contributed by atoms with van der Waals surface area (Å²) in [5, 5.41) is 4.98. The maximum absolute atomic E-state index is 13.9.